The van der Waals surface area contributed by atoms with Gasteiger partial charge in [-0.15, -0.1) is 11.6 Å². The lowest BCUT2D eigenvalue weighted by Gasteiger charge is -2.25. The quantitative estimate of drug-likeness (QED) is 0.643. The van der Waals surface area contributed by atoms with Gasteiger partial charge in [0.25, 0.3) is 5.91 Å². The molecule has 0 atom stereocenters. The SMILES string of the molecule is O=C(NC1CCC(Cl)CC1)c1ccc(F)c(C(F)(F)F)c1. The summed E-state index contributed by atoms with van der Waals surface area (Å²) in [4.78, 5) is 12.0. The van der Waals surface area contributed by atoms with Crippen molar-refractivity contribution in [3.05, 3.63) is 35.1 Å². The molecule has 7 heteroatoms. The third-order valence-electron chi connectivity index (χ3n) is 3.53. The number of halogens is 5. The third-order valence-corrected chi connectivity index (χ3v) is 3.96. The Morgan fingerprint density at radius 1 is 1.19 bits per heavy atom. The van der Waals surface area contributed by atoms with E-state index >= 15 is 0 Å². The molecule has 2 nitrogen and oxygen atoms in total. The highest BCUT2D eigenvalue weighted by Gasteiger charge is 2.34. The molecule has 0 heterocycles. The highest BCUT2D eigenvalue weighted by molar-refractivity contribution is 6.20. The average molecular weight is 324 g/mol. The lowest BCUT2D eigenvalue weighted by molar-refractivity contribution is -0.140. The molecule has 0 aliphatic heterocycles. The van der Waals surface area contributed by atoms with Crippen LogP contribution in [0.4, 0.5) is 17.6 Å². The van der Waals surface area contributed by atoms with Gasteiger partial charge in [0.2, 0.25) is 0 Å². The summed E-state index contributed by atoms with van der Waals surface area (Å²) in [7, 11) is 0. The molecule has 1 aromatic rings. The molecule has 1 aliphatic rings. The summed E-state index contributed by atoms with van der Waals surface area (Å²) >= 11 is 5.94. The van der Waals surface area contributed by atoms with Gasteiger partial charge in [-0.25, -0.2) is 4.39 Å². The number of alkyl halides is 4. The predicted octanol–water partition coefficient (Wildman–Crippen LogP) is 4.12. The van der Waals surface area contributed by atoms with E-state index in [1.54, 1.807) is 0 Å². The van der Waals surface area contributed by atoms with Crippen LogP contribution in [0.1, 0.15) is 41.6 Å². The molecule has 0 bridgehead atoms. The fraction of sp³-hybridized carbons (Fsp3) is 0.500. The van der Waals surface area contributed by atoms with Gasteiger partial charge in [0, 0.05) is 17.0 Å². The molecule has 0 saturated heterocycles. The molecule has 1 fully saturated rings. The van der Waals surface area contributed by atoms with Gasteiger partial charge in [-0.2, -0.15) is 13.2 Å². The number of carbonyl (C=O) groups is 1. The standard InChI is InChI=1S/C14H14ClF4NO/c15-9-2-4-10(5-3-9)20-13(21)8-1-6-12(16)11(7-8)14(17,18)19/h1,6-7,9-10H,2-5H2,(H,20,21). The van der Waals surface area contributed by atoms with E-state index in [0.29, 0.717) is 25.0 Å². The van der Waals surface area contributed by atoms with Crippen LogP contribution in [0, 0.1) is 5.82 Å². The van der Waals surface area contributed by atoms with E-state index in [1.807, 2.05) is 0 Å². The molecule has 0 radical (unpaired) electrons. The first-order valence-corrected chi connectivity index (χ1v) is 7.02. The Hall–Kier alpha value is -1.30. The highest BCUT2D eigenvalue weighted by atomic mass is 35.5. The molecule has 116 valence electrons. The Kier molecular flexibility index (Phi) is 4.76. The number of hydrogen-bond acceptors (Lipinski definition) is 1. The van der Waals surface area contributed by atoms with Crippen LogP contribution in [0.25, 0.3) is 0 Å². The average Bonchev–Trinajstić information content (AvgIpc) is 2.40. The van der Waals surface area contributed by atoms with Crippen LogP contribution < -0.4 is 5.32 Å². The number of nitrogens with one attached hydrogen (secondary N) is 1. The van der Waals surface area contributed by atoms with Crippen molar-refractivity contribution in [2.45, 2.75) is 43.3 Å². The Balaban J connectivity index is 2.09. The Morgan fingerprint density at radius 2 is 1.81 bits per heavy atom. The maximum Gasteiger partial charge on any atom is 0.419 e. The first kappa shape index (κ1) is 16.1. The first-order chi connectivity index (χ1) is 9.77. The van der Waals surface area contributed by atoms with E-state index in [-0.39, 0.29) is 17.0 Å². The largest absolute Gasteiger partial charge is 0.419 e. The molecule has 0 spiro atoms. The molecule has 1 amide bonds. The zero-order chi connectivity index (χ0) is 15.6. The van der Waals surface area contributed by atoms with Crippen LogP contribution in [0.3, 0.4) is 0 Å². The normalized spacial score (nSPS) is 22.9. The number of carbonyl (C=O) groups excluding carboxylic acids is 1. The Bertz CT molecular complexity index is 524. The minimum Gasteiger partial charge on any atom is -0.349 e. The summed E-state index contributed by atoms with van der Waals surface area (Å²) in [5.74, 6) is -2.01. The van der Waals surface area contributed by atoms with Crippen molar-refractivity contribution >= 4 is 17.5 Å². The van der Waals surface area contributed by atoms with Crippen molar-refractivity contribution in [2.75, 3.05) is 0 Å². The van der Waals surface area contributed by atoms with Gasteiger partial charge in [0.15, 0.2) is 0 Å². The van der Waals surface area contributed by atoms with Crippen molar-refractivity contribution in [1.29, 1.82) is 0 Å². The molecule has 1 N–H and O–H groups in total. The van der Waals surface area contributed by atoms with E-state index in [2.05, 4.69) is 5.32 Å². The smallest absolute Gasteiger partial charge is 0.349 e. The molecular formula is C14H14ClF4NO. The van der Waals surface area contributed by atoms with E-state index in [1.165, 1.54) is 0 Å². The molecule has 2 rings (SSSR count). The Morgan fingerprint density at radius 3 is 2.38 bits per heavy atom. The predicted molar refractivity (Wildman–Crippen MR) is 70.8 cm³/mol. The highest BCUT2D eigenvalue weighted by Crippen LogP contribution is 2.32. The van der Waals surface area contributed by atoms with E-state index in [4.69, 9.17) is 11.6 Å². The summed E-state index contributed by atoms with van der Waals surface area (Å²) < 4.78 is 51.0. The van der Waals surface area contributed by atoms with Crippen LogP contribution in [0.5, 0.6) is 0 Å². The first-order valence-electron chi connectivity index (χ1n) is 6.59. The second-order valence-corrected chi connectivity index (χ2v) is 5.73. The summed E-state index contributed by atoms with van der Waals surface area (Å²) in [5.41, 5.74) is -1.63. The molecule has 21 heavy (non-hydrogen) atoms. The fourth-order valence-corrected chi connectivity index (χ4v) is 2.60. The summed E-state index contributed by atoms with van der Waals surface area (Å²) in [5, 5.41) is 2.75. The zero-order valence-electron chi connectivity index (χ0n) is 11.0. The lowest BCUT2D eigenvalue weighted by atomic mass is 9.94. The molecular weight excluding hydrogens is 310 g/mol. The molecule has 1 aliphatic carbocycles. The van der Waals surface area contributed by atoms with Crippen LogP contribution in [-0.2, 0) is 6.18 Å². The number of rotatable bonds is 2. The van der Waals surface area contributed by atoms with Crippen molar-refractivity contribution in [2.24, 2.45) is 0 Å². The minimum atomic E-state index is -4.82. The van der Waals surface area contributed by atoms with Gasteiger partial charge in [-0.3, -0.25) is 4.79 Å². The maximum absolute atomic E-state index is 13.2. The van der Waals surface area contributed by atoms with Gasteiger partial charge < -0.3 is 5.32 Å². The molecule has 0 unspecified atom stereocenters. The summed E-state index contributed by atoms with van der Waals surface area (Å²) in [6.07, 6.45) is -1.94. The molecule has 1 saturated carbocycles. The number of hydrogen-bond donors (Lipinski definition) is 1. The summed E-state index contributed by atoms with van der Waals surface area (Å²) in [6.45, 7) is 0. The summed E-state index contributed by atoms with van der Waals surface area (Å²) in [6, 6.07) is 2.14. The lowest BCUT2D eigenvalue weighted by Crippen LogP contribution is -2.37. The number of amides is 1. The second kappa shape index (κ2) is 6.22. The van der Waals surface area contributed by atoms with Gasteiger partial charge in [-0.1, -0.05) is 0 Å². The van der Waals surface area contributed by atoms with Crippen LogP contribution in [0.15, 0.2) is 18.2 Å². The van der Waals surface area contributed by atoms with E-state index in [9.17, 15) is 22.4 Å². The van der Waals surface area contributed by atoms with Crippen molar-refractivity contribution in [1.82, 2.24) is 5.32 Å². The molecule has 0 aromatic heterocycles. The molecule has 1 aromatic carbocycles. The fourth-order valence-electron chi connectivity index (χ4n) is 2.35. The van der Waals surface area contributed by atoms with E-state index < -0.39 is 23.5 Å². The Labute approximate surface area is 124 Å². The van der Waals surface area contributed by atoms with Crippen molar-refractivity contribution in [3.8, 4) is 0 Å². The van der Waals surface area contributed by atoms with Crippen molar-refractivity contribution < 1.29 is 22.4 Å². The topological polar surface area (TPSA) is 29.1 Å². The van der Waals surface area contributed by atoms with Gasteiger partial charge in [0.05, 0.1) is 5.56 Å². The van der Waals surface area contributed by atoms with E-state index in [0.717, 1.165) is 18.9 Å². The van der Waals surface area contributed by atoms with Crippen LogP contribution in [-0.4, -0.2) is 17.3 Å². The minimum absolute atomic E-state index is 0.0841. The maximum atomic E-state index is 13.2. The van der Waals surface area contributed by atoms with Gasteiger partial charge in [-0.05, 0) is 43.9 Å². The van der Waals surface area contributed by atoms with Gasteiger partial charge in [0.1, 0.15) is 5.82 Å². The zero-order valence-corrected chi connectivity index (χ0v) is 11.8. The van der Waals surface area contributed by atoms with Crippen LogP contribution in [0.2, 0.25) is 0 Å². The van der Waals surface area contributed by atoms with Crippen LogP contribution >= 0.6 is 11.6 Å². The monoisotopic (exact) mass is 323 g/mol. The second-order valence-electron chi connectivity index (χ2n) is 5.11. The van der Waals surface area contributed by atoms with Crippen molar-refractivity contribution in [3.63, 3.8) is 0 Å². The number of benzene rings is 1. The third kappa shape index (κ3) is 4.09. The van der Waals surface area contributed by atoms with Gasteiger partial charge >= 0.3 is 6.18 Å².